The number of rotatable bonds is 8. The SMILES string of the molecule is CCC(C)N(CCOC)C1(CN)CCCC1S(C)(=O)=O. The number of ether oxygens (including phenoxy) is 1. The van der Waals surface area contributed by atoms with Crippen LogP contribution in [0, 0.1) is 0 Å². The first-order valence-electron chi connectivity index (χ1n) is 7.48. The minimum Gasteiger partial charge on any atom is -0.383 e. The molecule has 20 heavy (non-hydrogen) atoms. The molecule has 3 atom stereocenters. The highest BCUT2D eigenvalue weighted by Gasteiger charge is 2.51. The van der Waals surface area contributed by atoms with Crippen LogP contribution in [0.15, 0.2) is 0 Å². The van der Waals surface area contributed by atoms with Crippen molar-refractivity contribution < 1.29 is 13.2 Å². The van der Waals surface area contributed by atoms with E-state index in [4.69, 9.17) is 10.5 Å². The zero-order valence-corrected chi connectivity index (χ0v) is 14.1. The predicted octanol–water partition coefficient (Wildman–Crippen LogP) is 1.03. The molecule has 120 valence electrons. The van der Waals surface area contributed by atoms with Crippen LogP contribution >= 0.6 is 0 Å². The van der Waals surface area contributed by atoms with Crippen molar-refractivity contribution >= 4 is 9.84 Å². The molecule has 0 aromatic rings. The Morgan fingerprint density at radius 2 is 2.15 bits per heavy atom. The maximum Gasteiger partial charge on any atom is 0.152 e. The van der Waals surface area contributed by atoms with Crippen molar-refractivity contribution in [2.24, 2.45) is 5.73 Å². The lowest BCUT2D eigenvalue weighted by Gasteiger charge is -2.47. The summed E-state index contributed by atoms with van der Waals surface area (Å²) in [6, 6.07) is 0.302. The van der Waals surface area contributed by atoms with E-state index < -0.39 is 15.4 Å². The van der Waals surface area contributed by atoms with Crippen LogP contribution in [0.5, 0.6) is 0 Å². The summed E-state index contributed by atoms with van der Waals surface area (Å²) in [6.45, 7) is 5.99. The summed E-state index contributed by atoms with van der Waals surface area (Å²) in [4.78, 5) is 2.29. The molecule has 1 rings (SSSR count). The monoisotopic (exact) mass is 306 g/mol. The van der Waals surface area contributed by atoms with E-state index in [9.17, 15) is 8.42 Å². The zero-order chi connectivity index (χ0) is 15.4. The second kappa shape index (κ2) is 7.20. The third kappa shape index (κ3) is 3.53. The molecule has 0 aliphatic heterocycles. The maximum atomic E-state index is 12.2. The van der Waals surface area contributed by atoms with Gasteiger partial charge in [-0.15, -0.1) is 0 Å². The number of nitrogens with two attached hydrogens (primary N) is 1. The fraction of sp³-hybridized carbons (Fsp3) is 1.00. The minimum atomic E-state index is -3.10. The third-order valence-corrected chi connectivity index (χ3v) is 6.48. The highest BCUT2D eigenvalue weighted by Crippen LogP contribution is 2.40. The molecule has 0 bridgehead atoms. The molecule has 1 aliphatic carbocycles. The van der Waals surface area contributed by atoms with Gasteiger partial charge in [0.1, 0.15) is 0 Å². The van der Waals surface area contributed by atoms with Crippen molar-refractivity contribution in [1.82, 2.24) is 4.90 Å². The van der Waals surface area contributed by atoms with E-state index in [1.165, 1.54) is 6.26 Å². The first-order valence-corrected chi connectivity index (χ1v) is 9.43. The second-order valence-electron chi connectivity index (χ2n) is 5.96. The number of sulfone groups is 1. The zero-order valence-electron chi connectivity index (χ0n) is 13.3. The predicted molar refractivity (Wildman–Crippen MR) is 82.6 cm³/mol. The maximum absolute atomic E-state index is 12.2. The Morgan fingerprint density at radius 1 is 1.50 bits per heavy atom. The van der Waals surface area contributed by atoms with Crippen LogP contribution in [0.4, 0.5) is 0 Å². The smallest absolute Gasteiger partial charge is 0.152 e. The van der Waals surface area contributed by atoms with Gasteiger partial charge in [0.15, 0.2) is 9.84 Å². The summed E-state index contributed by atoms with van der Waals surface area (Å²) in [5.74, 6) is 0. The summed E-state index contributed by atoms with van der Waals surface area (Å²) in [5, 5.41) is -0.356. The van der Waals surface area contributed by atoms with E-state index in [1.807, 2.05) is 0 Å². The first-order chi connectivity index (χ1) is 9.33. The summed E-state index contributed by atoms with van der Waals surface area (Å²) in [6.07, 6.45) is 4.82. The number of hydrogen-bond acceptors (Lipinski definition) is 5. The van der Waals surface area contributed by atoms with E-state index in [0.717, 1.165) is 32.2 Å². The quantitative estimate of drug-likeness (QED) is 0.725. The standard InChI is InChI=1S/C14H30N2O3S/c1-5-12(2)16(9-10-19-3)14(11-15)8-6-7-13(14)20(4,17)18/h12-13H,5-11,15H2,1-4H3. The first kappa shape index (κ1) is 17.9. The van der Waals surface area contributed by atoms with Crippen molar-refractivity contribution in [1.29, 1.82) is 0 Å². The Bertz CT molecular complexity index is 399. The molecule has 3 unspecified atom stereocenters. The van der Waals surface area contributed by atoms with Gasteiger partial charge in [-0.3, -0.25) is 4.90 Å². The Labute approximate surface area is 123 Å². The van der Waals surface area contributed by atoms with Crippen molar-refractivity contribution in [3.63, 3.8) is 0 Å². The van der Waals surface area contributed by atoms with Gasteiger partial charge in [-0.1, -0.05) is 13.3 Å². The minimum absolute atomic E-state index is 0.302. The van der Waals surface area contributed by atoms with Crippen molar-refractivity contribution in [2.45, 2.75) is 56.4 Å². The molecule has 0 radical (unpaired) electrons. The average molecular weight is 306 g/mol. The van der Waals surface area contributed by atoms with Crippen LogP contribution in [0.2, 0.25) is 0 Å². The van der Waals surface area contributed by atoms with Crippen LogP contribution in [0.3, 0.4) is 0 Å². The van der Waals surface area contributed by atoms with Gasteiger partial charge in [0, 0.05) is 32.5 Å². The molecule has 2 N–H and O–H groups in total. The number of methoxy groups -OCH3 is 1. The van der Waals surface area contributed by atoms with E-state index in [1.54, 1.807) is 7.11 Å². The van der Waals surface area contributed by atoms with E-state index >= 15 is 0 Å². The lowest BCUT2D eigenvalue weighted by molar-refractivity contribution is 0.0323. The van der Waals surface area contributed by atoms with Crippen LogP contribution in [0.1, 0.15) is 39.5 Å². The fourth-order valence-corrected chi connectivity index (χ4v) is 5.35. The molecular weight excluding hydrogens is 276 g/mol. The van der Waals surface area contributed by atoms with Gasteiger partial charge in [0.2, 0.25) is 0 Å². The van der Waals surface area contributed by atoms with Gasteiger partial charge in [-0.05, 0) is 26.2 Å². The van der Waals surface area contributed by atoms with E-state index in [2.05, 4.69) is 18.7 Å². The van der Waals surface area contributed by atoms with Gasteiger partial charge in [-0.25, -0.2) is 8.42 Å². The topological polar surface area (TPSA) is 72.6 Å². The van der Waals surface area contributed by atoms with Gasteiger partial charge >= 0.3 is 0 Å². The molecule has 0 aromatic heterocycles. The highest BCUT2D eigenvalue weighted by molar-refractivity contribution is 7.91. The summed E-state index contributed by atoms with van der Waals surface area (Å²) in [5.41, 5.74) is 5.65. The van der Waals surface area contributed by atoms with E-state index in [-0.39, 0.29) is 5.25 Å². The van der Waals surface area contributed by atoms with Gasteiger partial charge < -0.3 is 10.5 Å². The molecule has 6 heteroatoms. The van der Waals surface area contributed by atoms with Gasteiger partial charge in [0.25, 0.3) is 0 Å². The Hall–Kier alpha value is -0.170. The molecule has 1 fully saturated rings. The number of nitrogens with zero attached hydrogens (tertiary/aromatic N) is 1. The fourth-order valence-electron chi connectivity index (χ4n) is 3.61. The lowest BCUT2D eigenvalue weighted by atomic mass is 9.92. The van der Waals surface area contributed by atoms with Crippen LogP contribution in [0.25, 0.3) is 0 Å². The molecule has 5 nitrogen and oxygen atoms in total. The van der Waals surface area contributed by atoms with Gasteiger partial charge in [-0.2, -0.15) is 0 Å². The number of hydrogen-bond donors (Lipinski definition) is 1. The second-order valence-corrected chi connectivity index (χ2v) is 8.19. The molecule has 0 heterocycles. The lowest BCUT2D eigenvalue weighted by Crippen LogP contribution is -2.63. The summed E-state index contributed by atoms with van der Waals surface area (Å²) < 4.78 is 29.6. The summed E-state index contributed by atoms with van der Waals surface area (Å²) in [7, 11) is -1.42. The van der Waals surface area contributed by atoms with Crippen LogP contribution in [-0.2, 0) is 14.6 Å². The largest absolute Gasteiger partial charge is 0.383 e. The van der Waals surface area contributed by atoms with E-state index in [0.29, 0.717) is 19.2 Å². The third-order valence-electron chi connectivity index (χ3n) is 4.78. The van der Waals surface area contributed by atoms with Crippen LogP contribution < -0.4 is 5.73 Å². The van der Waals surface area contributed by atoms with Crippen LogP contribution in [-0.4, -0.2) is 63.2 Å². The van der Waals surface area contributed by atoms with Gasteiger partial charge in [0.05, 0.1) is 17.4 Å². The van der Waals surface area contributed by atoms with Crippen molar-refractivity contribution in [3.8, 4) is 0 Å². The Kier molecular flexibility index (Phi) is 6.44. The molecule has 0 aromatic carbocycles. The molecule has 0 saturated heterocycles. The normalized spacial score (nSPS) is 29.0. The molecule has 1 saturated carbocycles. The molecule has 1 aliphatic rings. The molecular formula is C14H30N2O3S. The average Bonchev–Trinajstić information content (AvgIpc) is 2.83. The Morgan fingerprint density at radius 3 is 2.60 bits per heavy atom. The molecule has 0 spiro atoms. The highest BCUT2D eigenvalue weighted by atomic mass is 32.2. The molecule has 0 amide bonds. The Balaban J connectivity index is 3.15. The summed E-state index contributed by atoms with van der Waals surface area (Å²) >= 11 is 0. The van der Waals surface area contributed by atoms with Crippen molar-refractivity contribution in [2.75, 3.05) is 33.1 Å². The van der Waals surface area contributed by atoms with Crippen molar-refractivity contribution in [3.05, 3.63) is 0 Å².